The van der Waals surface area contributed by atoms with Crippen LogP contribution < -0.4 is 0 Å². The zero-order valence-corrected chi connectivity index (χ0v) is 31.0. The van der Waals surface area contributed by atoms with Gasteiger partial charge in [-0.3, -0.25) is 0 Å². The molecule has 11 aromatic rings. The summed E-state index contributed by atoms with van der Waals surface area (Å²) in [5, 5.41) is 4.76. The summed E-state index contributed by atoms with van der Waals surface area (Å²) in [4.78, 5) is 10.6. The van der Waals surface area contributed by atoms with Gasteiger partial charge in [-0.1, -0.05) is 152 Å². The summed E-state index contributed by atoms with van der Waals surface area (Å²) < 4.78 is 9.13. The lowest BCUT2D eigenvalue weighted by molar-refractivity contribution is 0.670. The molecule has 0 aliphatic carbocycles. The number of para-hydroxylation sites is 2. The van der Waals surface area contributed by atoms with Crippen molar-refractivity contribution in [3.63, 3.8) is 0 Å². The maximum absolute atomic E-state index is 6.56. The quantitative estimate of drug-likeness (QED) is 0.171. The predicted molar refractivity (Wildman–Crippen MR) is 235 cm³/mol. The number of nitrogens with zero attached hydrogens (tertiary/aromatic N) is 2. The van der Waals surface area contributed by atoms with Gasteiger partial charge in [0.25, 0.3) is 0 Å². The summed E-state index contributed by atoms with van der Waals surface area (Å²) in [7, 11) is 0. The normalized spacial score (nSPS) is 11.6. The smallest absolute Gasteiger partial charge is 0.160 e. The van der Waals surface area contributed by atoms with Crippen LogP contribution in [0.5, 0.6) is 0 Å². The highest BCUT2D eigenvalue weighted by molar-refractivity contribution is 7.25. The van der Waals surface area contributed by atoms with Crippen LogP contribution in [0.1, 0.15) is 0 Å². The molecule has 0 spiro atoms. The van der Waals surface area contributed by atoms with Crippen molar-refractivity contribution in [2.24, 2.45) is 0 Å². The monoisotopic (exact) mass is 732 g/mol. The van der Waals surface area contributed by atoms with Gasteiger partial charge in [-0.2, -0.15) is 0 Å². The number of hydrogen-bond acceptors (Lipinski definition) is 4. The molecule has 11 rings (SSSR count). The molecular formula is C52H32N2OS. The second-order valence-corrected chi connectivity index (χ2v) is 15.2. The van der Waals surface area contributed by atoms with Gasteiger partial charge < -0.3 is 4.42 Å². The minimum absolute atomic E-state index is 0.679. The molecule has 8 aromatic carbocycles. The van der Waals surface area contributed by atoms with E-state index in [-0.39, 0.29) is 0 Å². The fraction of sp³-hybridized carbons (Fsp3) is 0. The van der Waals surface area contributed by atoms with Crippen LogP contribution in [-0.2, 0) is 0 Å². The zero-order chi connectivity index (χ0) is 37.0. The average Bonchev–Trinajstić information content (AvgIpc) is 3.86. The molecule has 0 amide bonds. The number of fused-ring (bicyclic) bond motifs is 6. The van der Waals surface area contributed by atoms with Gasteiger partial charge in [0, 0.05) is 53.2 Å². The number of hydrogen-bond donors (Lipinski definition) is 0. The van der Waals surface area contributed by atoms with Crippen molar-refractivity contribution in [3.05, 3.63) is 194 Å². The summed E-state index contributed by atoms with van der Waals surface area (Å²) in [6.07, 6.45) is 0. The lowest BCUT2D eigenvalue weighted by Crippen LogP contribution is -1.97. The van der Waals surface area contributed by atoms with Crippen LogP contribution in [0.15, 0.2) is 199 Å². The first-order valence-electron chi connectivity index (χ1n) is 18.8. The molecule has 0 fully saturated rings. The summed E-state index contributed by atoms with van der Waals surface area (Å²) in [5.74, 6) is 0.679. The molecule has 0 bridgehead atoms. The first-order valence-corrected chi connectivity index (χ1v) is 19.6. The van der Waals surface area contributed by atoms with Gasteiger partial charge >= 0.3 is 0 Å². The van der Waals surface area contributed by atoms with Gasteiger partial charge in [0.1, 0.15) is 11.2 Å². The van der Waals surface area contributed by atoms with Crippen LogP contribution in [0, 0.1) is 0 Å². The van der Waals surface area contributed by atoms with E-state index < -0.39 is 0 Å². The molecule has 4 heteroatoms. The molecule has 0 unspecified atom stereocenters. The maximum Gasteiger partial charge on any atom is 0.160 e. The summed E-state index contributed by atoms with van der Waals surface area (Å²) in [5.41, 5.74) is 13.2. The Labute approximate surface area is 327 Å². The van der Waals surface area contributed by atoms with Crippen molar-refractivity contribution in [1.82, 2.24) is 9.97 Å². The van der Waals surface area contributed by atoms with Crippen LogP contribution in [-0.4, -0.2) is 9.97 Å². The molecule has 262 valence electrons. The topological polar surface area (TPSA) is 38.9 Å². The van der Waals surface area contributed by atoms with Crippen molar-refractivity contribution >= 4 is 53.4 Å². The molecular weight excluding hydrogens is 701 g/mol. The molecule has 0 N–H and O–H groups in total. The number of furan rings is 1. The Kier molecular flexibility index (Phi) is 7.68. The fourth-order valence-corrected chi connectivity index (χ4v) is 9.22. The van der Waals surface area contributed by atoms with E-state index in [0.29, 0.717) is 5.82 Å². The molecule has 0 atom stereocenters. The largest absolute Gasteiger partial charge is 0.455 e. The van der Waals surface area contributed by atoms with Gasteiger partial charge in [0.05, 0.1) is 11.4 Å². The van der Waals surface area contributed by atoms with Gasteiger partial charge in [0.2, 0.25) is 0 Å². The van der Waals surface area contributed by atoms with Gasteiger partial charge in [0.15, 0.2) is 5.82 Å². The Bertz CT molecular complexity index is 3250. The third kappa shape index (κ3) is 5.50. The van der Waals surface area contributed by atoms with Crippen LogP contribution in [0.3, 0.4) is 0 Å². The molecule has 56 heavy (non-hydrogen) atoms. The van der Waals surface area contributed by atoms with Crippen molar-refractivity contribution in [2.45, 2.75) is 0 Å². The highest BCUT2D eigenvalue weighted by atomic mass is 32.1. The summed E-state index contributed by atoms with van der Waals surface area (Å²) in [6, 6.07) is 68.5. The van der Waals surface area contributed by atoms with E-state index in [0.717, 1.165) is 77.8 Å². The van der Waals surface area contributed by atoms with Crippen LogP contribution in [0.2, 0.25) is 0 Å². The fourth-order valence-electron chi connectivity index (χ4n) is 8.09. The molecule has 0 aliphatic heterocycles. The van der Waals surface area contributed by atoms with Crippen molar-refractivity contribution in [2.75, 3.05) is 0 Å². The van der Waals surface area contributed by atoms with Crippen molar-refractivity contribution < 1.29 is 4.42 Å². The predicted octanol–water partition coefficient (Wildman–Crippen LogP) is 14.7. The molecule has 3 heterocycles. The summed E-state index contributed by atoms with van der Waals surface area (Å²) in [6.45, 7) is 0. The summed E-state index contributed by atoms with van der Waals surface area (Å²) >= 11 is 1.84. The Morgan fingerprint density at radius 1 is 0.357 bits per heavy atom. The second-order valence-electron chi connectivity index (χ2n) is 14.1. The van der Waals surface area contributed by atoms with E-state index in [9.17, 15) is 0 Å². The zero-order valence-electron chi connectivity index (χ0n) is 30.2. The number of benzene rings is 8. The number of rotatable bonds is 6. The molecule has 0 saturated heterocycles. The van der Waals surface area contributed by atoms with E-state index in [1.165, 1.54) is 25.7 Å². The Balaban J connectivity index is 1.16. The Morgan fingerprint density at radius 3 is 1.80 bits per heavy atom. The van der Waals surface area contributed by atoms with Gasteiger partial charge in [-0.05, 0) is 70.3 Å². The van der Waals surface area contributed by atoms with Crippen molar-refractivity contribution in [1.29, 1.82) is 0 Å². The lowest BCUT2D eigenvalue weighted by Gasteiger charge is -2.15. The van der Waals surface area contributed by atoms with E-state index >= 15 is 0 Å². The van der Waals surface area contributed by atoms with Gasteiger partial charge in [-0.15, -0.1) is 11.3 Å². The van der Waals surface area contributed by atoms with E-state index in [4.69, 9.17) is 14.4 Å². The standard InChI is InChI=1S/C52H32N2OS/c1-3-15-33(16-4-1)35-29-36(38-23-13-25-43-41-21-9-11-26-47(41)55-51(38)43)31-37(30-35)45-32-46(54-52(53-45)34-17-5-2-6-18-34)40-20-8-7-19-39(40)42-24-14-28-49-50(42)44-22-10-12-27-48(44)56-49/h1-32H. The van der Waals surface area contributed by atoms with Crippen molar-refractivity contribution in [3.8, 4) is 67.3 Å². The van der Waals surface area contributed by atoms with Crippen LogP contribution in [0.25, 0.3) is 109 Å². The molecule has 0 radical (unpaired) electrons. The lowest BCUT2D eigenvalue weighted by atomic mass is 9.92. The SMILES string of the molecule is c1ccc(-c2cc(-c3cc(-c4ccccc4-c4cccc5sc6ccccc6c45)nc(-c4ccccc4)n3)cc(-c3cccc4c3oc3ccccc34)c2)cc1. The average molecular weight is 733 g/mol. The third-order valence-electron chi connectivity index (χ3n) is 10.7. The first kappa shape index (κ1) is 32.3. The molecule has 3 aromatic heterocycles. The van der Waals surface area contributed by atoms with Gasteiger partial charge in [-0.25, -0.2) is 9.97 Å². The number of aromatic nitrogens is 2. The Hall–Kier alpha value is -7.14. The third-order valence-corrected chi connectivity index (χ3v) is 11.8. The van der Waals surface area contributed by atoms with E-state index in [1.54, 1.807) is 0 Å². The molecule has 0 aliphatic rings. The minimum Gasteiger partial charge on any atom is -0.455 e. The van der Waals surface area contributed by atoms with Crippen LogP contribution >= 0.6 is 11.3 Å². The maximum atomic E-state index is 6.56. The van der Waals surface area contributed by atoms with E-state index in [2.05, 4.69) is 164 Å². The molecule has 3 nitrogen and oxygen atoms in total. The van der Waals surface area contributed by atoms with E-state index in [1.807, 2.05) is 41.7 Å². The highest BCUT2D eigenvalue weighted by Gasteiger charge is 2.19. The van der Waals surface area contributed by atoms with Crippen LogP contribution in [0.4, 0.5) is 0 Å². The first-order chi connectivity index (χ1) is 27.7. The highest BCUT2D eigenvalue weighted by Crippen LogP contribution is 2.44. The Morgan fingerprint density at radius 2 is 0.946 bits per heavy atom. The number of thiophene rings is 1. The minimum atomic E-state index is 0.679. The molecule has 0 saturated carbocycles. The second kappa shape index (κ2) is 13.3.